The van der Waals surface area contributed by atoms with Gasteiger partial charge in [-0.3, -0.25) is 4.79 Å². The molecular formula is C86H161NO18. The Morgan fingerprint density at radius 1 is 0.333 bits per heavy atom. The third-order valence-corrected chi connectivity index (χ3v) is 21.9. The maximum absolute atomic E-state index is 13.5. The van der Waals surface area contributed by atoms with Crippen LogP contribution >= 0.6 is 0 Å². The fourth-order valence-corrected chi connectivity index (χ4v) is 14.9. The number of allylic oxidation sites excluding steroid dienone is 5. The second-order valence-corrected chi connectivity index (χ2v) is 31.3. The first-order chi connectivity index (χ1) is 51.3. The van der Waals surface area contributed by atoms with E-state index in [4.69, 9.17) is 28.4 Å². The van der Waals surface area contributed by atoms with Crippen LogP contribution in [0, 0.1) is 0 Å². The van der Waals surface area contributed by atoms with Gasteiger partial charge in [0.2, 0.25) is 5.91 Å². The van der Waals surface area contributed by atoms with Crippen LogP contribution in [0.4, 0.5) is 0 Å². The zero-order valence-electron chi connectivity index (χ0n) is 66.5. The van der Waals surface area contributed by atoms with Gasteiger partial charge in [0.15, 0.2) is 18.9 Å². The molecule has 0 aromatic carbocycles. The first-order valence-electron chi connectivity index (χ1n) is 43.7. The standard InChI is InChI=1S/C86H161NO18/c1-3-5-7-9-11-13-15-17-19-21-23-24-25-26-27-28-29-30-31-32-33-34-35-36-37-38-39-40-41-42-43-44-46-48-50-52-54-56-58-60-62-64-74(92)87-69(70(91)63-61-59-57-55-53-51-49-47-45-22-20-18-16-14-12-10-8-6-4-2)68-100-84-80(98)77(95)82(72(66-89)102-84)105-86-81(99)78(96)83(73(67-90)103-86)104-85-79(97)76(94)75(93)71(65-88)101-85/h45,47,53,55,61,63,69-73,75-86,88-91,93-99H,3-44,46,48-52,54,56-60,62,64-68H2,1-2H3,(H,87,92)/b47-45+,55-53+,63-61+. The minimum absolute atomic E-state index is 0.236. The van der Waals surface area contributed by atoms with Crippen molar-refractivity contribution in [2.75, 3.05) is 26.4 Å². The highest BCUT2D eigenvalue weighted by molar-refractivity contribution is 5.76. The monoisotopic (exact) mass is 1500 g/mol. The third kappa shape index (κ3) is 46.0. The van der Waals surface area contributed by atoms with Gasteiger partial charge in [0.1, 0.15) is 73.2 Å². The minimum Gasteiger partial charge on any atom is -0.394 e. The van der Waals surface area contributed by atoms with Gasteiger partial charge in [-0.05, 0) is 44.9 Å². The van der Waals surface area contributed by atoms with Gasteiger partial charge < -0.3 is 89.9 Å². The Balaban J connectivity index is 1.29. The van der Waals surface area contributed by atoms with Gasteiger partial charge in [-0.1, -0.05) is 359 Å². The summed E-state index contributed by atoms with van der Waals surface area (Å²) >= 11 is 0. The Kier molecular flexibility index (Phi) is 61.7. The summed E-state index contributed by atoms with van der Waals surface area (Å²) < 4.78 is 34.4. The fraction of sp³-hybridized carbons (Fsp3) is 0.919. The quantitative estimate of drug-likeness (QED) is 0.0199. The molecule has 19 nitrogen and oxygen atoms in total. The summed E-state index contributed by atoms with van der Waals surface area (Å²) in [6.07, 6.45) is 57.6. The molecule has 3 heterocycles. The summed E-state index contributed by atoms with van der Waals surface area (Å²) in [5.41, 5.74) is 0. The van der Waals surface area contributed by atoms with E-state index in [1.165, 1.54) is 295 Å². The minimum atomic E-state index is -1.98. The largest absolute Gasteiger partial charge is 0.394 e. The molecule has 3 aliphatic rings. The average molecular weight is 1500 g/mol. The molecular weight excluding hydrogens is 1330 g/mol. The SMILES string of the molecule is CCCCCCCCCCC/C=C/CC/C=C/CC/C=C/C(O)C(COC1OC(CO)C(OC2OC(CO)C(OC3OC(CO)C(O)C(O)C3O)C(O)C2O)C(O)C1O)NC(=O)CCCCCCCCCCCCCCCCCCCCCCCCCCCCCCCCCCCCCCCCCCC. The van der Waals surface area contributed by atoms with Crippen molar-refractivity contribution in [2.45, 2.75) is 478 Å². The number of hydrogen-bond donors (Lipinski definition) is 12. The number of hydrogen-bond acceptors (Lipinski definition) is 18. The number of ether oxygens (including phenoxy) is 6. The van der Waals surface area contributed by atoms with E-state index in [0.717, 1.165) is 44.9 Å². The Morgan fingerprint density at radius 3 is 0.952 bits per heavy atom. The Labute approximate surface area is 638 Å². The molecule has 0 aliphatic carbocycles. The second kappa shape index (κ2) is 66.6. The van der Waals surface area contributed by atoms with Crippen LogP contribution in [0.2, 0.25) is 0 Å². The topological polar surface area (TPSA) is 307 Å². The predicted molar refractivity (Wildman–Crippen MR) is 420 cm³/mol. The molecule has 0 aromatic heterocycles. The molecule has 0 aromatic rings. The van der Waals surface area contributed by atoms with Crippen LogP contribution in [0.5, 0.6) is 0 Å². The Bertz CT molecular complexity index is 2030. The number of carbonyl (C=O) groups excluding carboxylic acids is 1. The summed E-state index contributed by atoms with van der Waals surface area (Å²) in [4.78, 5) is 13.5. The number of nitrogens with one attached hydrogen (secondary N) is 1. The average Bonchev–Trinajstić information content (AvgIpc) is 0.780. The van der Waals surface area contributed by atoms with E-state index in [1.54, 1.807) is 6.08 Å². The summed E-state index contributed by atoms with van der Waals surface area (Å²) in [6.45, 7) is 1.76. The van der Waals surface area contributed by atoms with Crippen LogP contribution in [0.15, 0.2) is 36.5 Å². The van der Waals surface area contributed by atoms with Crippen LogP contribution in [-0.4, -0.2) is 193 Å². The van der Waals surface area contributed by atoms with E-state index in [1.807, 2.05) is 6.08 Å². The van der Waals surface area contributed by atoms with Gasteiger partial charge in [0.05, 0.1) is 38.6 Å². The fourth-order valence-electron chi connectivity index (χ4n) is 14.9. The number of aliphatic hydroxyl groups is 11. The lowest BCUT2D eigenvalue weighted by Gasteiger charge is -2.48. The molecule has 0 spiro atoms. The van der Waals surface area contributed by atoms with Gasteiger partial charge in [-0.15, -0.1) is 0 Å². The highest BCUT2D eigenvalue weighted by Gasteiger charge is 2.54. The smallest absolute Gasteiger partial charge is 0.220 e. The van der Waals surface area contributed by atoms with Crippen LogP contribution in [0.3, 0.4) is 0 Å². The van der Waals surface area contributed by atoms with Crippen molar-refractivity contribution < 1.29 is 89.4 Å². The molecule has 105 heavy (non-hydrogen) atoms. The zero-order valence-corrected chi connectivity index (χ0v) is 66.5. The normalized spacial score (nSPS) is 25.9. The highest BCUT2D eigenvalue weighted by atomic mass is 16.8. The number of rotatable bonds is 71. The summed E-state index contributed by atoms with van der Waals surface area (Å²) in [5.74, 6) is -0.282. The molecule has 3 saturated heterocycles. The molecule has 19 heteroatoms. The van der Waals surface area contributed by atoms with Gasteiger partial charge in [0.25, 0.3) is 0 Å². The van der Waals surface area contributed by atoms with Crippen molar-refractivity contribution >= 4 is 5.91 Å². The van der Waals surface area contributed by atoms with Crippen molar-refractivity contribution in [2.24, 2.45) is 0 Å². The number of aliphatic hydroxyl groups excluding tert-OH is 11. The maximum Gasteiger partial charge on any atom is 0.220 e. The van der Waals surface area contributed by atoms with Crippen molar-refractivity contribution in [3.63, 3.8) is 0 Å². The lowest BCUT2D eigenvalue weighted by Crippen LogP contribution is -2.66. The van der Waals surface area contributed by atoms with Crippen molar-refractivity contribution in [3.05, 3.63) is 36.5 Å². The van der Waals surface area contributed by atoms with Crippen LogP contribution in [0.1, 0.15) is 373 Å². The molecule has 3 rings (SSSR count). The first-order valence-corrected chi connectivity index (χ1v) is 43.7. The van der Waals surface area contributed by atoms with E-state index in [9.17, 15) is 61.0 Å². The maximum atomic E-state index is 13.5. The Morgan fingerprint density at radius 2 is 0.610 bits per heavy atom. The lowest BCUT2D eigenvalue weighted by molar-refractivity contribution is -0.379. The van der Waals surface area contributed by atoms with E-state index in [2.05, 4.69) is 43.5 Å². The van der Waals surface area contributed by atoms with Crippen molar-refractivity contribution in [1.29, 1.82) is 0 Å². The summed E-state index contributed by atoms with van der Waals surface area (Å²) in [5, 5.41) is 121. The van der Waals surface area contributed by atoms with Crippen LogP contribution < -0.4 is 5.32 Å². The van der Waals surface area contributed by atoms with Gasteiger partial charge in [-0.25, -0.2) is 0 Å². The summed E-state index contributed by atoms with van der Waals surface area (Å²) in [7, 11) is 0. The highest BCUT2D eigenvalue weighted by Crippen LogP contribution is 2.33. The van der Waals surface area contributed by atoms with Gasteiger partial charge >= 0.3 is 0 Å². The molecule has 3 fully saturated rings. The first kappa shape index (κ1) is 97.2. The molecule has 0 bridgehead atoms. The molecule has 0 saturated carbocycles. The number of unbranched alkanes of at least 4 members (excludes halogenated alkanes) is 51. The lowest BCUT2D eigenvalue weighted by atomic mass is 9.96. The van der Waals surface area contributed by atoms with Crippen molar-refractivity contribution in [1.82, 2.24) is 5.32 Å². The molecule has 17 atom stereocenters. The van der Waals surface area contributed by atoms with Gasteiger partial charge in [0, 0.05) is 6.42 Å². The molecule has 12 N–H and O–H groups in total. The van der Waals surface area contributed by atoms with E-state index >= 15 is 0 Å². The summed E-state index contributed by atoms with van der Waals surface area (Å²) in [6, 6.07) is -0.996. The molecule has 17 unspecified atom stereocenters. The second-order valence-electron chi connectivity index (χ2n) is 31.3. The molecule has 0 radical (unpaired) electrons. The van der Waals surface area contributed by atoms with Crippen molar-refractivity contribution in [3.8, 4) is 0 Å². The molecule has 3 aliphatic heterocycles. The number of carbonyl (C=O) groups is 1. The molecule has 618 valence electrons. The predicted octanol–water partition coefficient (Wildman–Crippen LogP) is 15.9. The van der Waals surface area contributed by atoms with E-state index in [-0.39, 0.29) is 18.9 Å². The van der Waals surface area contributed by atoms with E-state index in [0.29, 0.717) is 12.8 Å². The zero-order chi connectivity index (χ0) is 76.0. The van der Waals surface area contributed by atoms with Crippen LogP contribution in [-0.2, 0) is 33.2 Å². The Hall–Kier alpha value is -1.99. The molecule has 1 amide bonds. The van der Waals surface area contributed by atoms with E-state index < -0.39 is 124 Å². The third-order valence-electron chi connectivity index (χ3n) is 21.9. The van der Waals surface area contributed by atoms with Crippen LogP contribution in [0.25, 0.3) is 0 Å². The number of amides is 1. The van der Waals surface area contributed by atoms with Gasteiger partial charge in [-0.2, -0.15) is 0 Å².